The molecule has 16 heavy (non-hydrogen) atoms. The summed E-state index contributed by atoms with van der Waals surface area (Å²) in [6.07, 6.45) is 1.42. The Morgan fingerprint density at radius 2 is 2.06 bits per heavy atom. The molecule has 1 aromatic rings. The lowest BCUT2D eigenvalue weighted by atomic mass is 9.98. The molecule has 1 atom stereocenters. The van der Waals surface area contributed by atoms with Crippen molar-refractivity contribution in [1.82, 2.24) is 0 Å². The van der Waals surface area contributed by atoms with Crippen LogP contribution in [0.3, 0.4) is 0 Å². The van der Waals surface area contributed by atoms with E-state index in [0.717, 1.165) is 12.0 Å². The van der Waals surface area contributed by atoms with Crippen molar-refractivity contribution in [3.05, 3.63) is 27.7 Å². The largest absolute Gasteiger partial charge is 0.495 e. The highest BCUT2D eigenvalue weighted by molar-refractivity contribution is 6.43. The number of ether oxygens (including phenoxy) is 1. The fourth-order valence-corrected chi connectivity index (χ4v) is 1.93. The fraction of sp³-hybridized carbons (Fsp3) is 0.417. The summed E-state index contributed by atoms with van der Waals surface area (Å²) in [5, 5.41) is 9.79. The van der Waals surface area contributed by atoms with E-state index in [-0.39, 0.29) is 5.92 Å². The van der Waals surface area contributed by atoms with E-state index in [9.17, 15) is 0 Å². The van der Waals surface area contributed by atoms with Gasteiger partial charge in [0.15, 0.2) is 0 Å². The van der Waals surface area contributed by atoms with Crippen LogP contribution in [0.25, 0.3) is 0 Å². The number of benzene rings is 1. The molecule has 0 N–H and O–H groups in total. The van der Waals surface area contributed by atoms with Crippen LogP contribution in [0.4, 0.5) is 0 Å². The first-order chi connectivity index (χ1) is 7.63. The molecule has 0 aliphatic carbocycles. The van der Waals surface area contributed by atoms with Gasteiger partial charge in [-0.25, -0.2) is 0 Å². The number of rotatable bonds is 4. The molecule has 0 amide bonds. The van der Waals surface area contributed by atoms with Gasteiger partial charge in [0.2, 0.25) is 0 Å². The van der Waals surface area contributed by atoms with Crippen molar-refractivity contribution in [2.45, 2.75) is 19.8 Å². The Kier molecular flexibility index (Phi) is 4.92. The third kappa shape index (κ3) is 2.81. The van der Waals surface area contributed by atoms with Crippen LogP contribution in [0.5, 0.6) is 5.75 Å². The van der Waals surface area contributed by atoms with Crippen LogP contribution in [-0.2, 0) is 6.42 Å². The maximum absolute atomic E-state index is 8.90. The molecule has 0 saturated carbocycles. The van der Waals surface area contributed by atoms with E-state index >= 15 is 0 Å². The molecule has 0 spiro atoms. The normalized spacial score (nSPS) is 11.9. The van der Waals surface area contributed by atoms with E-state index in [4.69, 9.17) is 33.2 Å². The summed E-state index contributed by atoms with van der Waals surface area (Å²) in [6, 6.07) is 5.87. The first kappa shape index (κ1) is 13.2. The second-order valence-electron chi connectivity index (χ2n) is 3.49. The number of nitriles is 1. The predicted octanol–water partition coefficient (Wildman–Crippen LogP) is 4.09. The van der Waals surface area contributed by atoms with Crippen molar-refractivity contribution >= 4 is 23.2 Å². The lowest BCUT2D eigenvalue weighted by Gasteiger charge is -2.11. The molecule has 2 nitrogen and oxygen atoms in total. The molecule has 0 fully saturated rings. The third-order valence-corrected chi connectivity index (χ3v) is 3.39. The zero-order valence-electron chi connectivity index (χ0n) is 9.26. The average molecular weight is 258 g/mol. The first-order valence-electron chi connectivity index (χ1n) is 5.04. The van der Waals surface area contributed by atoms with Crippen LogP contribution in [0.1, 0.15) is 18.9 Å². The van der Waals surface area contributed by atoms with Gasteiger partial charge in [-0.05, 0) is 24.5 Å². The Morgan fingerprint density at radius 1 is 1.38 bits per heavy atom. The molecule has 0 radical (unpaired) electrons. The Hall–Kier alpha value is -0.910. The molecule has 0 aromatic heterocycles. The number of halogens is 2. The maximum atomic E-state index is 8.90. The Bertz CT molecular complexity index is 412. The van der Waals surface area contributed by atoms with Crippen molar-refractivity contribution in [2.24, 2.45) is 5.92 Å². The fourth-order valence-electron chi connectivity index (χ4n) is 1.43. The van der Waals surface area contributed by atoms with Crippen molar-refractivity contribution < 1.29 is 4.74 Å². The first-order valence-corrected chi connectivity index (χ1v) is 5.80. The number of nitrogens with zero attached hydrogens (tertiary/aromatic N) is 1. The van der Waals surface area contributed by atoms with Gasteiger partial charge in [-0.3, -0.25) is 0 Å². The second kappa shape index (κ2) is 5.98. The highest BCUT2D eigenvalue weighted by Crippen LogP contribution is 2.35. The van der Waals surface area contributed by atoms with Crippen LogP contribution in [-0.4, -0.2) is 7.11 Å². The zero-order valence-corrected chi connectivity index (χ0v) is 10.8. The molecule has 1 rings (SSSR count). The van der Waals surface area contributed by atoms with Crippen LogP contribution < -0.4 is 4.74 Å². The van der Waals surface area contributed by atoms with Crippen molar-refractivity contribution in [1.29, 1.82) is 5.26 Å². The van der Waals surface area contributed by atoms with E-state index < -0.39 is 0 Å². The molecule has 0 bridgehead atoms. The van der Waals surface area contributed by atoms with Crippen LogP contribution in [0.2, 0.25) is 10.0 Å². The second-order valence-corrected chi connectivity index (χ2v) is 4.25. The molecule has 4 heteroatoms. The summed E-state index contributed by atoms with van der Waals surface area (Å²) >= 11 is 12.1. The predicted molar refractivity (Wildman–Crippen MR) is 66.1 cm³/mol. The van der Waals surface area contributed by atoms with Gasteiger partial charge >= 0.3 is 0 Å². The zero-order chi connectivity index (χ0) is 12.1. The van der Waals surface area contributed by atoms with Gasteiger partial charge in [-0.2, -0.15) is 5.26 Å². The van der Waals surface area contributed by atoms with Crippen molar-refractivity contribution in [2.75, 3.05) is 7.11 Å². The Morgan fingerprint density at radius 3 is 2.56 bits per heavy atom. The molecule has 86 valence electrons. The van der Waals surface area contributed by atoms with Gasteiger partial charge in [0.05, 0.1) is 24.1 Å². The van der Waals surface area contributed by atoms with Crippen LogP contribution >= 0.6 is 23.2 Å². The SMILES string of the molecule is CCC(C#N)Cc1ccc(OC)c(Cl)c1Cl. The summed E-state index contributed by atoms with van der Waals surface area (Å²) in [4.78, 5) is 0. The molecule has 0 saturated heterocycles. The summed E-state index contributed by atoms with van der Waals surface area (Å²) in [6.45, 7) is 1.98. The summed E-state index contributed by atoms with van der Waals surface area (Å²) in [5.41, 5.74) is 0.890. The summed E-state index contributed by atoms with van der Waals surface area (Å²) in [7, 11) is 1.54. The smallest absolute Gasteiger partial charge is 0.138 e. The van der Waals surface area contributed by atoms with Gasteiger partial charge < -0.3 is 4.74 Å². The van der Waals surface area contributed by atoms with E-state index in [1.54, 1.807) is 13.2 Å². The van der Waals surface area contributed by atoms with E-state index in [0.29, 0.717) is 22.2 Å². The molecular formula is C12H13Cl2NO. The minimum atomic E-state index is -0.0260. The van der Waals surface area contributed by atoms with E-state index in [2.05, 4.69) is 6.07 Å². The van der Waals surface area contributed by atoms with Crippen LogP contribution in [0, 0.1) is 17.2 Å². The lowest BCUT2D eigenvalue weighted by molar-refractivity contribution is 0.415. The summed E-state index contributed by atoms with van der Waals surface area (Å²) in [5.74, 6) is 0.530. The maximum Gasteiger partial charge on any atom is 0.138 e. The minimum absolute atomic E-state index is 0.0260. The van der Waals surface area contributed by atoms with Crippen molar-refractivity contribution in [3.8, 4) is 11.8 Å². The standard InChI is InChI=1S/C12H13Cl2NO/c1-3-8(7-15)6-9-4-5-10(16-2)12(14)11(9)13/h4-5,8H,3,6H2,1-2H3. The molecule has 0 aliphatic rings. The van der Waals surface area contributed by atoms with Crippen molar-refractivity contribution in [3.63, 3.8) is 0 Å². The van der Waals surface area contributed by atoms with E-state index in [1.165, 1.54) is 0 Å². The third-order valence-electron chi connectivity index (χ3n) is 2.49. The Labute approximate surface area is 106 Å². The lowest BCUT2D eigenvalue weighted by Crippen LogP contribution is -2.01. The molecular weight excluding hydrogens is 245 g/mol. The van der Waals surface area contributed by atoms with Gasteiger partial charge in [0, 0.05) is 0 Å². The minimum Gasteiger partial charge on any atom is -0.495 e. The van der Waals surface area contributed by atoms with Gasteiger partial charge in [-0.1, -0.05) is 36.2 Å². The van der Waals surface area contributed by atoms with Gasteiger partial charge in [0.1, 0.15) is 10.8 Å². The average Bonchev–Trinajstić information content (AvgIpc) is 2.31. The number of hydrogen-bond acceptors (Lipinski definition) is 2. The molecule has 1 unspecified atom stereocenters. The highest BCUT2D eigenvalue weighted by Gasteiger charge is 2.13. The highest BCUT2D eigenvalue weighted by atomic mass is 35.5. The monoisotopic (exact) mass is 257 g/mol. The number of hydrogen-bond donors (Lipinski definition) is 0. The number of methoxy groups -OCH3 is 1. The van der Waals surface area contributed by atoms with Crippen LogP contribution in [0.15, 0.2) is 12.1 Å². The molecule has 0 heterocycles. The molecule has 1 aromatic carbocycles. The topological polar surface area (TPSA) is 33.0 Å². The quantitative estimate of drug-likeness (QED) is 0.814. The Balaban J connectivity index is 2.99. The summed E-state index contributed by atoms with van der Waals surface area (Å²) < 4.78 is 5.06. The molecule has 0 aliphatic heterocycles. The van der Waals surface area contributed by atoms with Gasteiger partial charge in [-0.15, -0.1) is 0 Å². The van der Waals surface area contributed by atoms with E-state index in [1.807, 2.05) is 13.0 Å². The van der Waals surface area contributed by atoms with Gasteiger partial charge in [0.25, 0.3) is 0 Å².